The molecule has 1 aromatic heterocycles. The van der Waals surface area contributed by atoms with Gasteiger partial charge in [0.2, 0.25) is 5.91 Å². The molecule has 3 aromatic rings. The Labute approximate surface area is 217 Å². The highest BCUT2D eigenvalue weighted by molar-refractivity contribution is 6.01. The monoisotopic (exact) mass is 508 g/mol. The largest absolute Gasteiger partial charge is 0.394 e. The second-order valence-electron chi connectivity index (χ2n) is 9.79. The average Bonchev–Trinajstić information content (AvgIpc) is 3.35. The zero-order chi connectivity index (χ0) is 26.4. The number of aliphatic hydroxyl groups is 1. The number of carbonyl (C=O) groups excluding carboxylic acids is 2. The van der Waals surface area contributed by atoms with Gasteiger partial charge in [-0.15, -0.1) is 5.10 Å². The summed E-state index contributed by atoms with van der Waals surface area (Å²) in [6.07, 6.45) is 2.28. The molecule has 0 aliphatic carbocycles. The number of rotatable bonds is 5. The molecule has 2 heterocycles. The van der Waals surface area contributed by atoms with Gasteiger partial charge >= 0.3 is 6.03 Å². The number of ether oxygens (including phenoxy) is 1. The molecule has 2 aromatic carbocycles. The lowest BCUT2D eigenvalue weighted by molar-refractivity contribution is -0.136. The van der Waals surface area contributed by atoms with Gasteiger partial charge in [0.15, 0.2) is 0 Å². The summed E-state index contributed by atoms with van der Waals surface area (Å²) in [5.74, 6) is -0.119. The molecule has 0 saturated heterocycles. The van der Waals surface area contributed by atoms with Gasteiger partial charge in [-0.05, 0) is 24.8 Å². The van der Waals surface area contributed by atoms with E-state index in [1.54, 1.807) is 27.7 Å². The summed E-state index contributed by atoms with van der Waals surface area (Å²) in [5, 5.41) is 22.9. The maximum atomic E-state index is 13.2. The van der Waals surface area contributed by atoms with Crippen LogP contribution in [-0.2, 0) is 22.7 Å². The van der Waals surface area contributed by atoms with Crippen molar-refractivity contribution in [1.82, 2.24) is 24.8 Å². The normalized spacial score (nSPS) is 20.0. The van der Waals surface area contributed by atoms with Gasteiger partial charge in [-0.25, -0.2) is 9.48 Å². The fourth-order valence-corrected chi connectivity index (χ4v) is 4.64. The van der Waals surface area contributed by atoms with Crippen molar-refractivity contribution in [1.29, 1.82) is 0 Å². The van der Waals surface area contributed by atoms with Crippen LogP contribution in [0.5, 0.6) is 0 Å². The molecule has 2 N–H and O–H groups in total. The summed E-state index contributed by atoms with van der Waals surface area (Å²) in [5.41, 5.74) is 1.57. The van der Waals surface area contributed by atoms with Crippen molar-refractivity contribution in [3.05, 3.63) is 54.4 Å². The van der Waals surface area contributed by atoms with E-state index in [4.69, 9.17) is 4.74 Å². The van der Waals surface area contributed by atoms with E-state index >= 15 is 0 Å². The Bertz CT molecular complexity index is 1210. The Morgan fingerprint density at radius 2 is 2.05 bits per heavy atom. The van der Waals surface area contributed by atoms with Gasteiger partial charge in [0, 0.05) is 44.4 Å². The summed E-state index contributed by atoms with van der Waals surface area (Å²) >= 11 is 0. The summed E-state index contributed by atoms with van der Waals surface area (Å²) in [7, 11) is 1.73. The van der Waals surface area contributed by atoms with E-state index in [9.17, 15) is 14.7 Å². The predicted molar refractivity (Wildman–Crippen MR) is 141 cm³/mol. The smallest absolute Gasteiger partial charge is 0.321 e. The first-order valence-electron chi connectivity index (χ1n) is 12.8. The molecule has 10 nitrogen and oxygen atoms in total. The highest BCUT2D eigenvalue weighted by atomic mass is 16.5. The van der Waals surface area contributed by atoms with Gasteiger partial charge in [0.1, 0.15) is 0 Å². The average molecular weight is 509 g/mol. The lowest BCUT2D eigenvalue weighted by Crippen LogP contribution is -2.48. The number of urea groups is 1. The number of aliphatic hydroxyl groups excluding tert-OH is 1. The molecular weight excluding hydrogens is 472 g/mol. The third-order valence-corrected chi connectivity index (χ3v) is 6.97. The van der Waals surface area contributed by atoms with Crippen molar-refractivity contribution in [2.24, 2.45) is 5.92 Å². The molecule has 37 heavy (non-hydrogen) atoms. The van der Waals surface area contributed by atoms with Crippen molar-refractivity contribution in [3.63, 3.8) is 0 Å². The quantitative estimate of drug-likeness (QED) is 0.548. The minimum atomic E-state index is -0.368. The number of hydrogen-bond acceptors (Lipinski definition) is 6. The topological polar surface area (TPSA) is 113 Å². The number of aromatic nitrogens is 3. The van der Waals surface area contributed by atoms with E-state index < -0.39 is 0 Å². The lowest BCUT2D eigenvalue weighted by Gasteiger charge is -2.35. The zero-order valence-electron chi connectivity index (χ0n) is 21.7. The summed E-state index contributed by atoms with van der Waals surface area (Å²) in [4.78, 5) is 29.5. The molecule has 0 unspecified atom stereocenters. The van der Waals surface area contributed by atoms with E-state index in [-0.39, 0.29) is 36.6 Å². The third-order valence-electron chi connectivity index (χ3n) is 6.97. The maximum Gasteiger partial charge on any atom is 0.321 e. The number of likely N-dealkylation sites (N-methyl/N-ethyl adjacent to an activating group) is 1. The van der Waals surface area contributed by atoms with Crippen LogP contribution in [0.3, 0.4) is 0 Å². The van der Waals surface area contributed by atoms with E-state index in [1.807, 2.05) is 56.3 Å². The molecule has 4 rings (SSSR count). The fraction of sp³-hybridized carbons (Fsp3) is 0.481. The van der Waals surface area contributed by atoms with Crippen LogP contribution in [0, 0.1) is 5.92 Å². The van der Waals surface area contributed by atoms with Crippen LogP contribution >= 0.6 is 0 Å². The molecule has 0 bridgehead atoms. The van der Waals surface area contributed by atoms with Gasteiger partial charge < -0.3 is 25.0 Å². The number of fused-ring (bicyclic) bond motifs is 2. The molecular formula is C27H36N6O4. The Kier molecular flexibility index (Phi) is 8.73. The van der Waals surface area contributed by atoms with E-state index in [0.717, 1.165) is 22.2 Å². The van der Waals surface area contributed by atoms with Crippen LogP contribution in [0.15, 0.2) is 48.7 Å². The minimum Gasteiger partial charge on any atom is -0.394 e. The van der Waals surface area contributed by atoms with Crippen LogP contribution in [0.2, 0.25) is 0 Å². The summed E-state index contributed by atoms with van der Waals surface area (Å²) in [6.45, 7) is 5.31. The first-order valence-corrected chi connectivity index (χ1v) is 12.8. The van der Waals surface area contributed by atoms with Crippen LogP contribution in [0.1, 0.15) is 32.4 Å². The van der Waals surface area contributed by atoms with Gasteiger partial charge in [-0.1, -0.05) is 48.5 Å². The van der Waals surface area contributed by atoms with Gasteiger partial charge in [0.05, 0.1) is 42.9 Å². The Hall–Kier alpha value is -3.50. The van der Waals surface area contributed by atoms with Crippen LogP contribution in [-0.4, -0.2) is 80.7 Å². The molecule has 0 spiro atoms. The third kappa shape index (κ3) is 6.44. The molecule has 0 fully saturated rings. The number of anilines is 1. The van der Waals surface area contributed by atoms with E-state index in [0.29, 0.717) is 39.1 Å². The number of carbonyl (C=O) groups is 2. The highest BCUT2D eigenvalue weighted by Crippen LogP contribution is 2.24. The lowest BCUT2D eigenvalue weighted by atomic mass is 10.0. The molecule has 1 aliphatic heterocycles. The second-order valence-corrected chi connectivity index (χ2v) is 9.79. The molecule has 0 saturated carbocycles. The Morgan fingerprint density at radius 3 is 2.86 bits per heavy atom. The standard InChI is InChI=1S/C27H36N6O4/c1-19-15-32(20(2)17-34)26(35)12-7-13-33-22(14-28-30-33)18-37-25(19)16-31(3)27(36)29-24-11-6-9-21-8-4-5-10-23(21)24/h4-6,8-11,14,19-20,25,34H,7,12-13,15-18H2,1-3H3,(H,29,36)/t19-,20-,25-/m1/s1. The van der Waals surface area contributed by atoms with Gasteiger partial charge in [-0.3, -0.25) is 4.79 Å². The van der Waals surface area contributed by atoms with E-state index in [1.165, 1.54) is 0 Å². The maximum absolute atomic E-state index is 13.2. The number of nitrogens with one attached hydrogen (secondary N) is 1. The summed E-state index contributed by atoms with van der Waals surface area (Å²) in [6, 6.07) is 13.2. The number of benzene rings is 2. The van der Waals surface area contributed by atoms with Crippen molar-refractivity contribution < 1.29 is 19.4 Å². The van der Waals surface area contributed by atoms with Crippen LogP contribution < -0.4 is 5.32 Å². The van der Waals surface area contributed by atoms with Crippen LogP contribution in [0.25, 0.3) is 10.8 Å². The van der Waals surface area contributed by atoms with Crippen molar-refractivity contribution in [2.45, 2.75) is 52.0 Å². The molecule has 3 atom stereocenters. The van der Waals surface area contributed by atoms with Gasteiger partial charge in [0.25, 0.3) is 0 Å². The number of nitrogens with zero attached hydrogens (tertiary/aromatic N) is 5. The van der Waals surface area contributed by atoms with Crippen molar-refractivity contribution in [3.8, 4) is 0 Å². The first-order chi connectivity index (χ1) is 17.9. The first kappa shape index (κ1) is 26.6. The molecule has 3 amide bonds. The van der Waals surface area contributed by atoms with Crippen LogP contribution in [0.4, 0.5) is 10.5 Å². The fourth-order valence-electron chi connectivity index (χ4n) is 4.64. The Morgan fingerprint density at radius 1 is 1.27 bits per heavy atom. The van der Waals surface area contributed by atoms with Crippen molar-refractivity contribution >= 4 is 28.4 Å². The summed E-state index contributed by atoms with van der Waals surface area (Å²) < 4.78 is 8.08. The predicted octanol–water partition coefficient (Wildman–Crippen LogP) is 3.12. The number of amides is 3. The second kappa shape index (κ2) is 12.2. The Balaban J connectivity index is 1.52. The molecule has 10 heteroatoms. The molecule has 198 valence electrons. The zero-order valence-corrected chi connectivity index (χ0v) is 21.7. The molecule has 1 aliphatic rings. The SMILES string of the molecule is C[C@@H]1CN([C@H](C)CO)C(=O)CCCn2nncc2CO[C@@H]1CN(C)C(=O)Nc1cccc2ccccc12. The molecule has 0 radical (unpaired) electrons. The highest BCUT2D eigenvalue weighted by Gasteiger charge is 2.29. The number of aryl methyl sites for hydroxylation is 1. The van der Waals surface area contributed by atoms with Gasteiger partial charge in [-0.2, -0.15) is 0 Å². The minimum absolute atomic E-state index is 0.0172. The number of hydrogen-bond donors (Lipinski definition) is 2. The van der Waals surface area contributed by atoms with Crippen molar-refractivity contribution in [2.75, 3.05) is 32.1 Å². The van der Waals surface area contributed by atoms with E-state index in [2.05, 4.69) is 15.6 Å².